The molecule has 0 aromatic heterocycles. The molecule has 0 bridgehead atoms. The van der Waals surface area contributed by atoms with E-state index in [1.165, 1.54) is 57.8 Å². The summed E-state index contributed by atoms with van der Waals surface area (Å²) in [6.45, 7) is 14.5. The van der Waals surface area contributed by atoms with Gasteiger partial charge in [0, 0.05) is 58.5 Å². The first-order chi connectivity index (χ1) is 20.9. The highest BCUT2D eigenvalue weighted by Crippen LogP contribution is 2.28. The molecule has 0 spiro atoms. The van der Waals surface area contributed by atoms with Gasteiger partial charge in [0.15, 0.2) is 0 Å². The van der Waals surface area contributed by atoms with Crippen LogP contribution in [-0.4, -0.2) is 79.1 Å². The van der Waals surface area contributed by atoms with Crippen molar-refractivity contribution in [2.75, 3.05) is 52.5 Å². The van der Waals surface area contributed by atoms with E-state index in [9.17, 15) is 19.7 Å². The van der Waals surface area contributed by atoms with Crippen molar-refractivity contribution in [2.24, 2.45) is 5.92 Å². The maximum Gasteiger partial charge on any atom is 0.305 e. The van der Waals surface area contributed by atoms with Crippen LogP contribution in [-0.2, 0) is 19.2 Å². The number of ether oxygens (including phenoxy) is 1. The van der Waals surface area contributed by atoms with Gasteiger partial charge in [-0.25, -0.2) is 0 Å². The molecule has 9 nitrogen and oxygen atoms in total. The van der Waals surface area contributed by atoms with Crippen LogP contribution < -0.4 is 0 Å². The van der Waals surface area contributed by atoms with Crippen LogP contribution in [0.25, 0.3) is 0 Å². The van der Waals surface area contributed by atoms with Crippen molar-refractivity contribution < 1.29 is 24.3 Å². The van der Waals surface area contributed by atoms with Gasteiger partial charge in [0.25, 0.3) is 5.09 Å². The van der Waals surface area contributed by atoms with Crippen molar-refractivity contribution in [3.8, 4) is 0 Å². The quantitative estimate of drug-likeness (QED) is 0.0402. The van der Waals surface area contributed by atoms with Crippen LogP contribution in [0, 0.1) is 16.0 Å². The van der Waals surface area contributed by atoms with Gasteiger partial charge < -0.3 is 19.4 Å². The molecule has 0 aromatic carbocycles. The van der Waals surface area contributed by atoms with Crippen molar-refractivity contribution >= 4 is 11.8 Å². The van der Waals surface area contributed by atoms with Crippen LogP contribution in [0.5, 0.6) is 0 Å². The predicted octanol–water partition coefficient (Wildman–Crippen LogP) is 7.79. The van der Waals surface area contributed by atoms with Crippen molar-refractivity contribution in [3.05, 3.63) is 22.3 Å². The fraction of sp³-hybridized carbons (Fsp3) is 0.882. The lowest BCUT2D eigenvalue weighted by atomic mass is 9.98. The summed E-state index contributed by atoms with van der Waals surface area (Å²) in [4.78, 5) is 42.2. The summed E-state index contributed by atoms with van der Waals surface area (Å²) in [5.41, 5.74) is 0. The Morgan fingerprint density at radius 1 is 0.837 bits per heavy atom. The number of rotatable bonds is 22. The van der Waals surface area contributed by atoms with E-state index < -0.39 is 5.09 Å². The summed E-state index contributed by atoms with van der Waals surface area (Å²) < 4.78 is 5.25. The monoisotopic (exact) mass is 611 g/mol. The highest BCUT2D eigenvalue weighted by Gasteiger charge is 2.17. The second-order valence-corrected chi connectivity index (χ2v) is 11.5. The zero-order valence-electron chi connectivity index (χ0n) is 28.2. The van der Waals surface area contributed by atoms with Crippen molar-refractivity contribution in [1.82, 2.24) is 9.80 Å². The van der Waals surface area contributed by atoms with Crippen LogP contribution in [0.4, 0.5) is 0 Å². The predicted molar refractivity (Wildman–Crippen MR) is 176 cm³/mol. The van der Waals surface area contributed by atoms with E-state index in [2.05, 4.69) is 27.6 Å². The Bertz CT molecular complexity index is 704. The van der Waals surface area contributed by atoms with E-state index in [-0.39, 0.29) is 12.6 Å². The van der Waals surface area contributed by atoms with Crippen molar-refractivity contribution in [2.45, 2.75) is 137 Å². The number of allylic oxidation sites excluding steroid dienone is 2. The van der Waals surface area contributed by atoms with Crippen molar-refractivity contribution in [3.63, 3.8) is 0 Å². The topological polar surface area (TPSA) is 102 Å². The average Bonchev–Trinajstić information content (AvgIpc) is 3.54. The van der Waals surface area contributed by atoms with Gasteiger partial charge in [0.1, 0.15) is 5.78 Å². The smallest absolute Gasteiger partial charge is 0.305 e. The number of carbonyl (C=O) groups excluding carboxylic acids is 2. The molecule has 252 valence electrons. The number of ketones is 1. The van der Waals surface area contributed by atoms with E-state index in [0.717, 1.165) is 83.7 Å². The zero-order chi connectivity index (χ0) is 32.0. The van der Waals surface area contributed by atoms with E-state index in [0.29, 0.717) is 25.2 Å². The molecule has 2 aliphatic rings. The van der Waals surface area contributed by atoms with Gasteiger partial charge in [-0.2, -0.15) is 0 Å². The Labute approximate surface area is 263 Å². The Hall–Kier alpha value is -2.00. The first kappa shape index (κ1) is 41.0. The van der Waals surface area contributed by atoms with Gasteiger partial charge in [0.05, 0.1) is 13.2 Å². The number of piperazine rings is 1. The lowest BCUT2D eigenvalue weighted by Crippen LogP contribution is -2.47. The lowest BCUT2D eigenvalue weighted by Gasteiger charge is -2.34. The molecule has 43 heavy (non-hydrogen) atoms. The van der Waals surface area contributed by atoms with Gasteiger partial charge >= 0.3 is 5.97 Å². The number of nitrogens with zero attached hydrogens (tertiary/aromatic N) is 3. The van der Waals surface area contributed by atoms with Crippen LogP contribution in [0.3, 0.4) is 0 Å². The Kier molecular flexibility index (Phi) is 28.6. The second kappa shape index (κ2) is 30.0. The molecule has 9 heteroatoms. The number of Topliss-reactive ketones (excluding diaryl/α,β-unsaturated/α-hetero) is 1. The molecule has 0 aromatic rings. The standard InChI is InChI=1S/C17H31N3O5.C15H28O.C2H6/c1-2-3-4-5-8-17(21)24-15-6-9-18-11-13-19(14-12-18)10-7-16-25-20(22)23;1-2-3-4-5-6-11-15(16)13-12-14-9-7-8-10-14;1-2/h2-3H,4-16H2,1H3;14H,2-13H2,1H3;1-2H3/b3-2-;;. The van der Waals surface area contributed by atoms with E-state index in [4.69, 9.17) is 4.74 Å². The molecule has 0 N–H and O–H groups in total. The van der Waals surface area contributed by atoms with Gasteiger partial charge in [-0.15, -0.1) is 10.1 Å². The summed E-state index contributed by atoms with van der Waals surface area (Å²) in [6, 6.07) is 0. The second-order valence-electron chi connectivity index (χ2n) is 11.5. The molecule has 0 radical (unpaired) electrons. The number of esters is 1. The first-order valence-electron chi connectivity index (χ1n) is 17.4. The third-order valence-corrected chi connectivity index (χ3v) is 8.01. The molecule has 1 aliphatic heterocycles. The zero-order valence-corrected chi connectivity index (χ0v) is 28.2. The summed E-state index contributed by atoms with van der Waals surface area (Å²) in [7, 11) is 0. The summed E-state index contributed by atoms with van der Waals surface area (Å²) in [5.74, 6) is 1.29. The van der Waals surface area contributed by atoms with Crippen LogP contribution in [0.2, 0.25) is 0 Å². The minimum atomic E-state index is -0.743. The molecular formula is C34H65N3O6. The van der Waals surface area contributed by atoms with Crippen LogP contribution >= 0.6 is 0 Å². The first-order valence-corrected chi connectivity index (χ1v) is 17.4. The number of carbonyl (C=O) groups is 2. The molecule has 1 saturated heterocycles. The maximum atomic E-state index is 11.6. The molecule has 0 amide bonds. The molecule has 1 saturated carbocycles. The van der Waals surface area contributed by atoms with E-state index >= 15 is 0 Å². The molecule has 1 heterocycles. The Morgan fingerprint density at radius 3 is 2.02 bits per heavy atom. The fourth-order valence-electron chi connectivity index (χ4n) is 5.46. The average molecular weight is 612 g/mol. The summed E-state index contributed by atoms with van der Waals surface area (Å²) in [5, 5.41) is 9.33. The largest absolute Gasteiger partial charge is 0.466 e. The number of hydrogen-bond acceptors (Lipinski definition) is 8. The Morgan fingerprint density at radius 2 is 1.44 bits per heavy atom. The van der Waals surface area contributed by atoms with E-state index in [1.54, 1.807) is 0 Å². The molecule has 2 fully saturated rings. The lowest BCUT2D eigenvalue weighted by molar-refractivity contribution is -0.757. The molecular weight excluding hydrogens is 546 g/mol. The minimum absolute atomic E-state index is 0.105. The SMILES string of the molecule is C/C=C\CCCC(=O)OCCCN1CCN(CCCO[N+](=O)[O-])CC1.CC.CCCCCCCC(=O)CCC1CCCC1. The Balaban J connectivity index is 0.000000842. The highest BCUT2D eigenvalue weighted by molar-refractivity contribution is 5.78. The highest BCUT2D eigenvalue weighted by atomic mass is 16.9. The third-order valence-electron chi connectivity index (χ3n) is 8.01. The molecule has 1 aliphatic carbocycles. The van der Waals surface area contributed by atoms with Crippen LogP contribution in [0.15, 0.2) is 12.2 Å². The number of hydrogen-bond donors (Lipinski definition) is 0. The van der Waals surface area contributed by atoms with Gasteiger partial charge in [-0.05, 0) is 51.4 Å². The minimum Gasteiger partial charge on any atom is -0.466 e. The van der Waals surface area contributed by atoms with Crippen LogP contribution in [0.1, 0.15) is 137 Å². The van der Waals surface area contributed by atoms with Gasteiger partial charge in [-0.3, -0.25) is 9.59 Å². The van der Waals surface area contributed by atoms with Gasteiger partial charge in [0.2, 0.25) is 0 Å². The summed E-state index contributed by atoms with van der Waals surface area (Å²) in [6.07, 6.45) is 22.6. The maximum absolute atomic E-state index is 11.6. The molecule has 2 rings (SSSR count). The third kappa shape index (κ3) is 26.1. The van der Waals surface area contributed by atoms with E-state index in [1.807, 2.05) is 26.8 Å². The molecule has 0 unspecified atom stereocenters. The summed E-state index contributed by atoms with van der Waals surface area (Å²) >= 11 is 0. The molecule has 0 atom stereocenters. The fourth-order valence-corrected chi connectivity index (χ4v) is 5.46. The normalized spacial score (nSPS) is 15.8. The number of unbranched alkanes of at least 4 members (excludes halogenated alkanes) is 5. The van der Waals surface area contributed by atoms with Crippen molar-refractivity contribution in [1.29, 1.82) is 0 Å². The van der Waals surface area contributed by atoms with Gasteiger partial charge in [-0.1, -0.05) is 84.3 Å².